The quantitative estimate of drug-likeness (QED) is 0.714. The molecule has 0 unspecified atom stereocenters. The summed E-state index contributed by atoms with van der Waals surface area (Å²) in [5.41, 5.74) is 3.93. The first kappa shape index (κ1) is 22.7. The van der Waals surface area contributed by atoms with Gasteiger partial charge in [0.2, 0.25) is 0 Å². The molecule has 0 heterocycles. The fourth-order valence-corrected chi connectivity index (χ4v) is 4.12. The zero-order valence-corrected chi connectivity index (χ0v) is 20.2. The Hall–Kier alpha value is -0.361. The molecule has 1 aromatic rings. The van der Waals surface area contributed by atoms with Gasteiger partial charge in [-0.2, -0.15) is 0 Å². The third-order valence-corrected chi connectivity index (χ3v) is 14.3. The summed E-state index contributed by atoms with van der Waals surface area (Å²) in [5.74, 6) is 0. The van der Waals surface area contributed by atoms with Crippen molar-refractivity contribution in [2.24, 2.45) is 0 Å². The summed E-state index contributed by atoms with van der Waals surface area (Å²) in [5, 5.41) is 0.259. The van der Waals surface area contributed by atoms with E-state index >= 15 is 0 Å². The lowest BCUT2D eigenvalue weighted by Gasteiger charge is -2.36. The fraction of sp³-hybridized carbons (Fsp3) is 0.700. The number of aryl methyl sites for hydroxylation is 1. The van der Waals surface area contributed by atoms with E-state index in [4.69, 9.17) is 4.43 Å². The van der Waals surface area contributed by atoms with E-state index in [1.54, 1.807) is 0 Å². The summed E-state index contributed by atoms with van der Waals surface area (Å²) in [4.78, 5) is 10.5. The molecule has 0 aliphatic rings. The van der Waals surface area contributed by atoms with Gasteiger partial charge in [-0.05, 0) is 60.2 Å². The Morgan fingerprint density at radius 3 is 1.96 bits per heavy atom. The van der Waals surface area contributed by atoms with E-state index in [0.29, 0.717) is 6.61 Å². The Balaban J connectivity index is 2.84. The van der Waals surface area contributed by atoms with Crippen molar-refractivity contribution < 1.29 is 9.22 Å². The summed E-state index contributed by atoms with van der Waals surface area (Å²) < 4.78 is 6.40. The van der Waals surface area contributed by atoms with Crippen LogP contribution < -0.4 is 5.46 Å². The third-order valence-electron chi connectivity index (χ3n) is 6.30. The highest BCUT2D eigenvalue weighted by Crippen LogP contribution is 2.40. The van der Waals surface area contributed by atoms with Crippen molar-refractivity contribution in [3.05, 3.63) is 29.3 Å². The maximum atomic E-state index is 10.5. The van der Waals surface area contributed by atoms with Gasteiger partial charge in [-0.25, -0.2) is 0 Å². The van der Waals surface area contributed by atoms with Crippen molar-refractivity contribution >= 4 is 29.9 Å². The molecule has 0 bridgehead atoms. The van der Waals surface area contributed by atoms with Crippen LogP contribution in [0.5, 0.6) is 0 Å². The second-order valence-electron chi connectivity index (χ2n) is 10.3. The van der Waals surface area contributed by atoms with Gasteiger partial charge in [-0.3, -0.25) is 0 Å². The average molecular weight is 379 g/mol. The van der Waals surface area contributed by atoms with Crippen LogP contribution >= 0.6 is 0 Å². The molecule has 0 saturated heterocycles. The van der Waals surface area contributed by atoms with Gasteiger partial charge in [0, 0.05) is 0 Å². The van der Waals surface area contributed by atoms with E-state index in [2.05, 4.69) is 73.8 Å². The molecule has 1 N–H and O–H groups in total. The maximum Gasteiger partial charge on any atom is 0.192 e. The lowest BCUT2D eigenvalue weighted by molar-refractivity contribution is 0.276. The second kappa shape index (κ2) is 7.71. The predicted octanol–water partition coefficient (Wildman–Crippen LogP) is 4.38. The van der Waals surface area contributed by atoms with Crippen LogP contribution in [0.4, 0.5) is 0 Å². The number of rotatable bonds is 7. The molecule has 0 aromatic heterocycles. The molecule has 0 spiro atoms. The highest BCUT2D eigenvalue weighted by atomic mass is 28.4. The minimum Gasteiger partial charge on any atom is -0.432 e. The zero-order chi connectivity index (χ0) is 19.7. The standard InChI is InChI=1S/C20H39BO2Si2/c1-19(2,3)25(8,9)23-15-17-12-16(13-18(21)14-17)10-11-20(4,5)24(6,7)22/h12-14,22H,10-11,15,21H2,1-9H3. The van der Waals surface area contributed by atoms with Crippen LogP contribution in [0, 0.1) is 0 Å². The van der Waals surface area contributed by atoms with Crippen LogP contribution in [0.3, 0.4) is 0 Å². The van der Waals surface area contributed by atoms with Gasteiger partial charge in [-0.15, -0.1) is 0 Å². The molecule has 0 amide bonds. The normalized spacial score (nSPS) is 14.0. The predicted molar refractivity (Wildman–Crippen MR) is 119 cm³/mol. The maximum absolute atomic E-state index is 10.5. The Labute approximate surface area is 159 Å². The lowest BCUT2D eigenvalue weighted by Crippen LogP contribution is -2.40. The minimum atomic E-state index is -2.15. The van der Waals surface area contributed by atoms with E-state index in [-0.39, 0.29) is 10.1 Å². The Morgan fingerprint density at radius 2 is 1.48 bits per heavy atom. The van der Waals surface area contributed by atoms with Gasteiger partial charge < -0.3 is 9.22 Å². The highest BCUT2D eigenvalue weighted by Gasteiger charge is 2.38. The lowest BCUT2D eigenvalue weighted by atomic mass is 9.90. The minimum absolute atomic E-state index is 0.0224. The SMILES string of the molecule is Bc1cc(CCC(C)(C)[Si](C)(C)O)cc(CO[Si](C)(C)C(C)(C)C)c1. The molecule has 5 heteroatoms. The van der Waals surface area contributed by atoms with Crippen molar-refractivity contribution in [3.63, 3.8) is 0 Å². The van der Waals surface area contributed by atoms with Gasteiger partial charge in [0.1, 0.15) is 7.85 Å². The molecule has 0 aliphatic carbocycles. The van der Waals surface area contributed by atoms with E-state index in [1.165, 1.54) is 16.6 Å². The van der Waals surface area contributed by atoms with Crippen molar-refractivity contribution in [2.75, 3.05) is 0 Å². The monoisotopic (exact) mass is 378 g/mol. The first-order valence-electron chi connectivity index (χ1n) is 9.51. The second-order valence-corrected chi connectivity index (χ2v) is 19.6. The molecule has 142 valence electrons. The van der Waals surface area contributed by atoms with Crippen molar-refractivity contribution in [3.8, 4) is 0 Å². The number of hydrogen-bond acceptors (Lipinski definition) is 2. The van der Waals surface area contributed by atoms with Gasteiger partial charge in [0.15, 0.2) is 16.6 Å². The number of benzene rings is 1. The summed E-state index contributed by atoms with van der Waals surface area (Å²) >= 11 is 0. The summed E-state index contributed by atoms with van der Waals surface area (Å²) in [6.07, 6.45) is 2.04. The Morgan fingerprint density at radius 1 is 0.960 bits per heavy atom. The van der Waals surface area contributed by atoms with Crippen molar-refractivity contribution in [2.45, 2.75) is 90.3 Å². The molecule has 0 radical (unpaired) electrons. The van der Waals surface area contributed by atoms with Crippen molar-refractivity contribution in [1.82, 2.24) is 0 Å². The Kier molecular flexibility index (Phi) is 6.99. The largest absolute Gasteiger partial charge is 0.432 e. The van der Waals surface area contributed by atoms with Crippen LogP contribution in [-0.4, -0.2) is 29.3 Å². The molecular formula is C20H39BO2Si2. The van der Waals surface area contributed by atoms with E-state index in [0.717, 1.165) is 12.8 Å². The van der Waals surface area contributed by atoms with E-state index < -0.39 is 16.6 Å². The van der Waals surface area contributed by atoms with Crippen LogP contribution in [0.2, 0.25) is 36.3 Å². The molecule has 0 atom stereocenters. The molecule has 1 aromatic carbocycles. The summed E-state index contributed by atoms with van der Waals surface area (Å²) in [6, 6.07) is 6.81. The molecule has 25 heavy (non-hydrogen) atoms. The van der Waals surface area contributed by atoms with Gasteiger partial charge in [0.05, 0.1) is 6.61 Å². The van der Waals surface area contributed by atoms with Gasteiger partial charge in [-0.1, -0.05) is 58.3 Å². The van der Waals surface area contributed by atoms with Crippen LogP contribution in [0.25, 0.3) is 0 Å². The van der Waals surface area contributed by atoms with Gasteiger partial charge >= 0.3 is 0 Å². The third kappa shape index (κ3) is 6.38. The molecule has 2 nitrogen and oxygen atoms in total. The fourth-order valence-electron chi connectivity index (χ4n) is 2.42. The smallest absolute Gasteiger partial charge is 0.192 e. The summed E-state index contributed by atoms with van der Waals surface area (Å²) in [6.45, 7) is 20.7. The van der Waals surface area contributed by atoms with Crippen molar-refractivity contribution in [1.29, 1.82) is 0 Å². The molecule has 1 rings (SSSR count). The topological polar surface area (TPSA) is 29.5 Å². The molecule has 0 fully saturated rings. The Bertz CT molecular complexity index is 536. The molecule has 0 saturated carbocycles. The molecule has 0 aliphatic heterocycles. The highest BCUT2D eigenvalue weighted by molar-refractivity contribution is 6.74. The first-order chi connectivity index (χ1) is 11.1. The van der Waals surface area contributed by atoms with Crippen LogP contribution in [0.1, 0.15) is 52.2 Å². The van der Waals surface area contributed by atoms with E-state index in [1.807, 2.05) is 13.1 Å². The first-order valence-corrected chi connectivity index (χ1v) is 15.4. The van der Waals surface area contributed by atoms with Gasteiger partial charge in [0.25, 0.3) is 0 Å². The molecular weight excluding hydrogens is 339 g/mol. The summed E-state index contributed by atoms with van der Waals surface area (Å²) in [7, 11) is -1.71. The van der Waals surface area contributed by atoms with Crippen LogP contribution in [0.15, 0.2) is 18.2 Å². The average Bonchev–Trinajstić information content (AvgIpc) is 2.40. The van der Waals surface area contributed by atoms with E-state index in [9.17, 15) is 4.80 Å². The zero-order valence-electron chi connectivity index (χ0n) is 18.2. The number of hydrogen-bond donors (Lipinski definition) is 1. The van der Waals surface area contributed by atoms with Crippen LogP contribution in [-0.2, 0) is 17.5 Å².